The summed E-state index contributed by atoms with van der Waals surface area (Å²) in [4.78, 5) is 15.0. The molecule has 2 N–H and O–H groups in total. The second-order valence-corrected chi connectivity index (χ2v) is 7.85. The highest BCUT2D eigenvalue weighted by atomic mass is 16.2. The van der Waals surface area contributed by atoms with E-state index in [0.717, 1.165) is 36.7 Å². The molecule has 6 heteroatoms. The zero-order valence-corrected chi connectivity index (χ0v) is 17.5. The van der Waals surface area contributed by atoms with Crippen LogP contribution in [0.25, 0.3) is 5.69 Å². The maximum atomic E-state index is 12.5. The molecule has 0 saturated carbocycles. The number of urea groups is 1. The van der Waals surface area contributed by atoms with E-state index in [1.807, 2.05) is 48.0 Å². The highest BCUT2D eigenvalue weighted by Gasteiger charge is 2.13. The lowest BCUT2D eigenvalue weighted by Gasteiger charge is -2.27. The van der Waals surface area contributed by atoms with Crippen LogP contribution in [0.2, 0.25) is 0 Å². The van der Waals surface area contributed by atoms with E-state index >= 15 is 0 Å². The Morgan fingerprint density at radius 1 is 1.00 bits per heavy atom. The topological polar surface area (TPSA) is 62.2 Å². The Labute approximate surface area is 177 Å². The first-order chi connectivity index (χ1) is 14.7. The maximum Gasteiger partial charge on any atom is 0.319 e. The molecule has 4 rings (SSSR count). The molecular formula is C24H29N5O. The number of carbonyl (C=O) groups excluding carboxylic acids is 1. The predicted molar refractivity (Wildman–Crippen MR) is 120 cm³/mol. The van der Waals surface area contributed by atoms with Gasteiger partial charge in [0.15, 0.2) is 0 Å². The molecule has 1 fully saturated rings. The van der Waals surface area contributed by atoms with E-state index in [2.05, 4.69) is 38.8 Å². The monoisotopic (exact) mass is 403 g/mol. The number of rotatable bonds is 6. The molecule has 0 aliphatic carbocycles. The molecule has 1 saturated heterocycles. The lowest BCUT2D eigenvalue weighted by atomic mass is 10.0. The molecule has 2 aromatic carbocycles. The summed E-state index contributed by atoms with van der Waals surface area (Å²) in [6.45, 7) is 5.78. The third-order valence-corrected chi connectivity index (χ3v) is 5.58. The van der Waals surface area contributed by atoms with E-state index in [9.17, 15) is 4.79 Å². The Morgan fingerprint density at radius 3 is 2.57 bits per heavy atom. The number of hydrogen-bond acceptors (Lipinski definition) is 3. The van der Waals surface area contributed by atoms with Crippen molar-refractivity contribution in [3.05, 3.63) is 77.6 Å². The molecule has 30 heavy (non-hydrogen) atoms. The van der Waals surface area contributed by atoms with Gasteiger partial charge < -0.3 is 10.6 Å². The van der Waals surface area contributed by atoms with Crippen LogP contribution in [0.15, 0.2) is 60.8 Å². The fourth-order valence-corrected chi connectivity index (χ4v) is 3.95. The van der Waals surface area contributed by atoms with E-state index in [1.54, 1.807) is 6.20 Å². The number of anilines is 1. The van der Waals surface area contributed by atoms with Crippen LogP contribution in [0.4, 0.5) is 10.5 Å². The highest BCUT2D eigenvalue weighted by molar-refractivity contribution is 5.89. The standard InChI is InChI=1S/C24H29N5O/c1-19-12-13-26-29(19)23-11-7-10-22(16-23)27-24(30)25-17-20-8-3-4-9-21(20)18-28-14-5-2-6-15-28/h3-4,7-13,16H,2,5-6,14-15,17-18H2,1H3,(H2,25,27,30). The SMILES string of the molecule is Cc1ccnn1-c1cccc(NC(=O)NCc2ccccc2CN2CCCCC2)c1. The number of nitrogens with zero attached hydrogens (tertiary/aromatic N) is 3. The van der Waals surface area contributed by atoms with Crippen molar-refractivity contribution in [2.24, 2.45) is 0 Å². The first-order valence-electron chi connectivity index (χ1n) is 10.6. The Bertz CT molecular complexity index is 991. The van der Waals surface area contributed by atoms with Gasteiger partial charge in [-0.1, -0.05) is 36.8 Å². The van der Waals surface area contributed by atoms with E-state index < -0.39 is 0 Å². The molecule has 0 atom stereocenters. The van der Waals surface area contributed by atoms with E-state index in [4.69, 9.17) is 0 Å². The molecule has 2 heterocycles. The average Bonchev–Trinajstić information content (AvgIpc) is 3.20. The van der Waals surface area contributed by atoms with Gasteiger partial charge in [0.25, 0.3) is 0 Å². The summed E-state index contributed by atoms with van der Waals surface area (Å²) in [5.74, 6) is 0. The van der Waals surface area contributed by atoms with E-state index in [0.29, 0.717) is 6.54 Å². The van der Waals surface area contributed by atoms with Gasteiger partial charge >= 0.3 is 6.03 Å². The fourth-order valence-electron chi connectivity index (χ4n) is 3.95. The van der Waals surface area contributed by atoms with Gasteiger partial charge in [0.2, 0.25) is 0 Å². The molecule has 0 spiro atoms. The minimum absolute atomic E-state index is 0.211. The minimum Gasteiger partial charge on any atom is -0.334 e. The van der Waals surface area contributed by atoms with Gasteiger partial charge in [-0.25, -0.2) is 9.48 Å². The Hall–Kier alpha value is -3.12. The first-order valence-corrected chi connectivity index (χ1v) is 10.6. The van der Waals surface area contributed by atoms with Gasteiger partial charge in [0, 0.05) is 30.7 Å². The first kappa shape index (κ1) is 20.2. The highest BCUT2D eigenvalue weighted by Crippen LogP contribution is 2.17. The summed E-state index contributed by atoms with van der Waals surface area (Å²) < 4.78 is 1.85. The zero-order valence-electron chi connectivity index (χ0n) is 17.5. The van der Waals surface area contributed by atoms with Gasteiger partial charge in [-0.05, 0) is 68.2 Å². The summed E-state index contributed by atoms with van der Waals surface area (Å²) in [6, 6.07) is 17.8. The zero-order chi connectivity index (χ0) is 20.8. The van der Waals surface area contributed by atoms with Crippen LogP contribution in [-0.2, 0) is 13.1 Å². The molecule has 0 radical (unpaired) electrons. The molecule has 0 bridgehead atoms. The van der Waals surface area contributed by atoms with Crippen molar-refractivity contribution in [1.29, 1.82) is 0 Å². The molecular weight excluding hydrogens is 374 g/mol. The summed E-state index contributed by atoms with van der Waals surface area (Å²) in [6.07, 6.45) is 5.66. The van der Waals surface area contributed by atoms with Crippen molar-refractivity contribution in [1.82, 2.24) is 20.0 Å². The molecule has 1 aromatic heterocycles. The minimum atomic E-state index is -0.211. The van der Waals surface area contributed by atoms with Crippen LogP contribution >= 0.6 is 0 Å². The molecule has 0 unspecified atom stereocenters. The van der Waals surface area contributed by atoms with Crippen LogP contribution in [-0.4, -0.2) is 33.8 Å². The third-order valence-electron chi connectivity index (χ3n) is 5.58. The van der Waals surface area contributed by atoms with Gasteiger partial charge in [-0.2, -0.15) is 5.10 Å². The second kappa shape index (κ2) is 9.59. The van der Waals surface area contributed by atoms with Crippen LogP contribution in [0, 0.1) is 6.92 Å². The molecule has 6 nitrogen and oxygen atoms in total. The normalized spacial score (nSPS) is 14.4. The number of likely N-dealkylation sites (tertiary alicyclic amines) is 1. The maximum absolute atomic E-state index is 12.5. The van der Waals surface area contributed by atoms with Crippen molar-refractivity contribution >= 4 is 11.7 Å². The van der Waals surface area contributed by atoms with Crippen molar-refractivity contribution in [3.63, 3.8) is 0 Å². The summed E-state index contributed by atoms with van der Waals surface area (Å²) in [5.41, 5.74) is 5.15. The summed E-state index contributed by atoms with van der Waals surface area (Å²) in [5, 5.41) is 10.3. The van der Waals surface area contributed by atoms with E-state index in [-0.39, 0.29) is 6.03 Å². The summed E-state index contributed by atoms with van der Waals surface area (Å²) >= 11 is 0. The number of nitrogens with one attached hydrogen (secondary N) is 2. The van der Waals surface area contributed by atoms with Crippen molar-refractivity contribution in [2.75, 3.05) is 18.4 Å². The van der Waals surface area contributed by atoms with Crippen molar-refractivity contribution in [2.45, 2.75) is 39.3 Å². The van der Waals surface area contributed by atoms with Gasteiger partial charge in [0.05, 0.1) is 5.69 Å². The fraction of sp³-hybridized carbons (Fsp3) is 0.333. The molecule has 156 valence electrons. The quantitative estimate of drug-likeness (QED) is 0.638. The van der Waals surface area contributed by atoms with Crippen molar-refractivity contribution < 1.29 is 4.79 Å². The molecule has 2 amide bonds. The number of aromatic nitrogens is 2. The molecule has 1 aliphatic heterocycles. The number of amides is 2. The van der Waals surface area contributed by atoms with Crippen LogP contribution < -0.4 is 10.6 Å². The van der Waals surface area contributed by atoms with Crippen LogP contribution in [0.5, 0.6) is 0 Å². The van der Waals surface area contributed by atoms with Crippen molar-refractivity contribution in [3.8, 4) is 5.69 Å². The largest absolute Gasteiger partial charge is 0.334 e. The smallest absolute Gasteiger partial charge is 0.319 e. The molecule has 3 aromatic rings. The Kier molecular flexibility index (Phi) is 6.44. The number of piperidine rings is 1. The second-order valence-electron chi connectivity index (χ2n) is 7.85. The number of hydrogen-bond donors (Lipinski definition) is 2. The Morgan fingerprint density at radius 2 is 1.80 bits per heavy atom. The van der Waals surface area contributed by atoms with Crippen LogP contribution in [0.3, 0.4) is 0 Å². The van der Waals surface area contributed by atoms with Crippen LogP contribution in [0.1, 0.15) is 36.1 Å². The average molecular weight is 404 g/mol. The lowest BCUT2D eigenvalue weighted by molar-refractivity contribution is 0.220. The summed E-state index contributed by atoms with van der Waals surface area (Å²) in [7, 11) is 0. The van der Waals surface area contributed by atoms with Gasteiger partial charge in [0.1, 0.15) is 0 Å². The molecule has 1 aliphatic rings. The number of aryl methyl sites for hydroxylation is 1. The lowest BCUT2D eigenvalue weighted by Crippen LogP contribution is -2.31. The van der Waals surface area contributed by atoms with E-state index in [1.165, 1.54) is 30.4 Å². The van der Waals surface area contributed by atoms with Gasteiger partial charge in [-0.15, -0.1) is 0 Å². The third kappa shape index (κ3) is 5.07. The number of carbonyl (C=O) groups is 1. The van der Waals surface area contributed by atoms with Gasteiger partial charge in [-0.3, -0.25) is 4.90 Å². The number of benzene rings is 2. The predicted octanol–water partition coefficient (Wildman–Crippen LogP) is 4.49. The Balaban J connectivity index is 1.36.